The molecule has 0 saturated carbocycles. The van der Waals surface area contributed by atoms with Crippen LogP contribution in [0.2, 0.25) is 0 Å². The van der Waals surface area contributed by atoms with Crippen molar-refractivity contribution in [1.29, 1.82) is 0 Å². The van der Waals surface area contributed by atoms with E-state index in [1.165, 1.54) is 0 Å². The molecule has 16 heavy (non-hydrogen) atoms. The second-order valence-electron chi connectivity index (χ2n) is 5.53. The summed E-state index contributed by atoms with van der Waals surface area (Å²) < 4.78 is 0. The molecular weight excluding hydrogens is 224 g/mol. The maximum Gasteiger partial charge on any atom is 0.219 e. The van der Waals surface area contributed by atoms with Gasteiger partial charge in [-0.1, -0.05) is 20.8 Å². The first-order valence-electron chi connectivity index (χ1n) is 5.83. The van der Waals surface area contributed by atoms with Crippen LogP contribution in [-0.4, -0.2) is 18.5 Å². The predicted molar refractivity (Wildman–Crippen MR) is 71.8 cm³/mol. The Morgan fingerprint density at radius 2 is 1.94 bits per heavy atom. The molecule has 0 aromatic rings. The molecule has 0 aliphatic rings. The summed E-state index contributed by atoms with van der Waals surface area (Å²) in [6.45, 7) is 9.24. The van der Waals surface area contributed by atoms with Gasteiger partial charge in [0.05, 0.1) is 0 Å². The van der Waals surface area contributed by atoms with Crippen LogP contribution in [0.4, 0.5) is 0 Å². The van der Waals surface area contributed by atoms with E-state index in [2.05, 4.69) is 26.1 Å². The Hall–Kier alpha value is -0.280. The molecule has 0 aliphatic heterocycles. The average molecular weight is 251 g/mol. The SMILES string of the molecule is CC(N)CCNC(=O)CCCC(C)(C)C.Cl. The van der Waals surface area contributed by atoms with Gasteiger partial charge in [0.25, 0.3) is 0 Å². The summed E-state index contributed by atoms with van der Waals surface area (Å²) in [4.78, 5) is 11.4. The van der Waals surface area contributed by atoms with E-state index < -0.39 is 0 Å². The number of carbonyl (C=O) groups excluding carboxylic acids is 1. The van der Waals surface area contributed by atoms with Crippen molar-refractivity contribution in [2.75, 3.05) is 6.54 Å². The first-order chi connectivity index (χ1) is 6.81. The lowest BCUT2D eigenvalue weighted by Crippen LogP contribution is -2.28. The van der Waals surface area contributed by atoms with E-state index in [4.69, 9.17) is 5.73 Å². The third-order valence-electron chi connectivity index (χ3n) is 2.25. The zero-order valence-corrected chi connectivity index (χ0v) is 11.8. The summed E-state index contributed by atoms with van der Waals surface area (Å²) in [7, 11) is 0. The third kappa shape index (κ3) is 13.7. The quantitative estimate of drug-likeness (QED) is 0.761. The molecule has 0 saturated heterocycles. The highest BCUT2D eigenvalue weighted by atomic mass is 35.5. The topological polar surface area (TPSA) is 55.1 Å². The van der Waals surface area contributed by atoms with Crippen LogP contribution in [0.25, 0.3) is 0 Å². The van der Waals surface area contributed by atoms with E-state index in [-0.39, 0.29) is 24.4 Å². The first kappa shape index (κ1) is 18.1. The van der Waals surface area contributed by atoms with Crippen LogP contribution in [0.3, 0.4) is 0 Å². The fourth-order valence-electron chi connectivity index (χ4n) is 1.31. The number of amides is 1. The molecule has 0 fully saturated rings. The van der Waals surface area contributed by atoms with Gasteiger partial charge >= 0.3 is 0 Å². The zero-order valence-electron chi connectivity index (χ0n) is 11.0. The van der Waals surface area contributed by atoms with E-state index >= 15 is 0 Å². The van der Waals surface area contributed by atoms with Gasteiger partial charge in [0.2, 0.25) is 5.91 Å². The van der Waals surface area contributed by atoms with Crippen molar-refractivity contribution in [2.24, 2.45) is 11.1 Å². The number of nitrogens with two attached hydrogens (primary N) is 1. The molecule has 0 rings (SSSR count). The molecular formula is C12H27ClN2O. The minimum Gasteiger partial charge on any atom is -0.356 e. The van der Waals surface area contributed by atoms with Crippen LogP contribution >= 0.6 is 12.4 Å². The van der Waals surface area contributed by atoms with Crippen LogP contribution in [0.5, 0.6) is 0 Å². The third-order valence-corrected chi connectivity index (χ3v) is 2.25. The minimum atomic E-state index is 0. The first-order valence-corrected chi connectivity index (χ1v) is 5.83. The monoisotopic (exact) mass is 250 g/mol. The molecule has 3 nitrogen and oxygen atoms in total. The van der Waals surface area contributed by atoms with Gasteiger partial charge in [-0.25, -0.2) is 0 Å². The number of hydrogen-bond acceptors (Lipinski definition) is 2. The molecule has 0 bridgehead atoms. The number of hydrogen-bond donors (Lipinski definition) is 2. The number of nitrogens with one attached hydrogen (secondary N) is 1. The molecule has 4 heteroatoms. The van der Waals surface area contributed by atoms with Crippen molar-refractivity contribution in [2.45, 2.75) is 59.4 Å². The van der Waals surface area contributed by atoms with Gasteiger partial charge in [-0.3, -0.25) is 4.79 Å². The Bertz CT molecular complexity index is 188. The van der Waals surface area contributed by atoms with Crippen LogP contribution in [0.15, 0.2) is 0 Å². The normalized spacial score (nSPS) is 12.8. The molecule has 1 unspecified atom stereocenters. The van der Waals surface area contributed by atoms with Crippen molar-refractivity contribution in [3.05, 3.63) is 0 Å². The van der Waals surface area contributed by atoms with Gasteiger partial charge < -0.3 is 11.1 Å². The smallest absolute Gasteiger partial charge is 0.219 e. The lowest BCUT2D eigenvalue weighted by atomic mass is 9.90. The summed E-state index contributed by atoms with van der Waals surface area (Å²) in [6, 6.07) is 0.167. The van der Waals surface area contributed by atoms with E-state index in [1.54, 1.807) is 0 Å². The minimum absolute atomic E-state index is 0. The molecule has 0 spiro atoms. The Morgan fingerprint density at radius 1 is 1.38 bits per heavy atom. The van der Waals surface area contributed by atoms with Crippen molar-refractivity contribution < 1.29 is 4.79 Å². The average Bonchev–Trinajstić information content (AvgIpc) is 2.00. The lowest BCUT2D eigenvalue weighted by Gasteiger charge is -2.17. The summed E-state index contributed by atoms with van der Waals surface area (Å²) in [5, 5.41) is 2.88. The van der Waals surface area contributed by atoms with E-state index in [0.29, 0.717) is 18.4 Å². The largest absolute Gasteiger partial charge is 0.356 e. The van der Waals surface area contributed by atoms with Gasteiger partial charge in [0.1, 0.15) is 0 Å². The molecule has 0 heterocycles. The summed E-state index contributed by atoms with van der Waals surface area (Å²) >= 11 is 0. The molecule has 1 amide bonds. The maximum atomic E-state index is 11.4. The van der Waals surface area contributed by atoms with Crippen molar-refractivity contribution in [3.8, 4) is 0 Å². The summed E-state index contributed by atoms with van der Waals surface area (Å²) in [6.07, 6.45) is 3.54. The van der Waals surface area contributed by atoms with E-state index in [1.807, 2.05) is 6.92 Å². The molecule has 0 aromatic heterocycles. The number of carbonyl (C=O) groups is 1. The van der Waals surface area contributed by atoms with Crippen molar-refractivity contribution >= 4 is 18.3 Å². The van der Waals surface area contributed by atoms with Gasteiger partial charge in [-0.05, 0) is 31.6 Å². The van der Waals surface area contributed by atoms with Gasteiger partial charge in [-0.2, -0.15) is 0 Å². The molecule has 0 radical (unpaired) electrons. The molecule has 0 aliphatic carbocycles. The summed E-state index contributed by atoms with van der Waals surface area (Å²) in [5.74, 6) is 0.153. The standard InChI is InChI=1S/C12H26N2O.ClH/c1-10(13)7-9-14-11(15)6-5-8-12(2,3)4;/h10H,5-9,13H2,1-4H3,(H,14,15);1H. The van der Waals surface area contributed by atoms with Gasteiger partial charge in [-0.15, -0.1) is 12.4 Å². The van der Waals surface area contributed by atoms with Crippen LogP contribution in [-0.2, 0) is 4.79 Å². The van der Waals surface area contributed by atoms with Gasteiger partial charge in [0, 0.05) is 19.0 Å². The highest BCUT2D eigenvalue weighted by Crippen LogP contribution is 2.21. The number of rotatable bonds is 6. The highest BCUT2D eigenvalue weighted by molar-refractivity contribution is 5.85. The van der Waals surface area contributed by atoms with E-state index in [0.717, 1.165) is 19.3 Å². The lowest BCUT2D eigenvalue weighted by molar-refractivity contribution is -0.121. The highest BCUT2D eigenvalue weighted by Gasteiger charge is 2.10. The Labute approximate surface area is 106 Å². The van der Waals surface area contributed by atoms with Gasteiger partial charge in [0.15, 0.2) is 0 Å². The molecule has 1 atom stereocenters. The van der Waals surface area contributed by atoms with Crippen LogP contribution < -0.4 is 11.1 Å². The zero-order chi connectivity index (χ0) is 11.9. The molecule has 98 valence electrons. The second kappa shape index (κ2) is 8.82. The van der Waals surface area contributed by atoms with E-state index in [9.17, 15) is 4.79 Å². The second-order valence-corrected chi connectivity index (χ2v) is 5.53. The predicted octanol–water partition coefficient (Wildman–Crippen LogP) is 2.48. The molecule has 0 aromatic carbocycles. The Kier molecular flexibility index (Phi) is 9.98. The maximum absolute atomic E-state index is 11.4. The Balaban J connectivity index is 0. The fraction of sp³-hybridized carbons (Fsp3) is 0.917. The van der Waals surface area contributed by atoms with Crippen molar-refractivity contribution in [3.63, 3.8) is 0 Å². The van der Waals surface area contributed by atoms with Crippen LogP contribution in [0, 0.1) is 5.41 Å². The Morgan fingerprint density at radius 3 is 2.38 bits per heavy atom. The van der Waals surface area contributed by atoms with Crippen LogP contribution in [0.1, 0.15) is 53.4 Å². The summed E-state index contributed by atoms with van der Waals surface area (Å²) in [5.41, 5.74) is 5.91. The number of halogens is 1. The van der Waals surface area contributed by atoms with Crippen molar-refractivity contribution in [1.82, 2.24) is 5.32 Å². The fourth-order valence-corrected chi connectivity index (χ4v) is 1.31. The molecule has 3 N–H and O–H groups in total.